The van der Waals surface area contributed by atoms with Crippen LogP contribution in [0.2, 0.25) is 10.0 Å². The van der Waals surface area contributed by atoms with E-state index in [1.165, 1.54) is 16.8 Å². The Bertz CT molecular complexity index is 1620. The first-order valence-corrected chi connectivity index (χ1v) is 12.2. The van der Waals surface area contributed by atoms with Crippen molar-refractivity contribution in [3.63, 3.8) is 0 Å². The number of anilines is 1. The Balaban J connectivity index is 1.45. The van der Waals surface area contributed by atoms with Crippen LogP contribution in [0.3, 0.4) is 0 Å². The second-order valence-electron chi connectivity index (χ2n) is 8.16. The Morgan fingerprint density at radius 3 is 2.47 bits per heavy atom. The number of nitrogens with zero attached hydrogens (tertiary/aromatic N) is 5. The van der Waals surface area contributed by atoms with Gasteiger partial charge in [-0.1, -0.05) is 47.5 Å². The lowest BCUT2D eigenvalue weighted by atomic mass is 10.1. The molecule has 12 heteroatoms. The lowest BCUT2D eigenvalue weighted by Gasteiger charge is -2.12. The van der Waals surface area contributed by atoms with Crippen LogP contribution in [0.1, 0.15) is 32.5 Å². The Kier molecular flexibility index (Phi) is 7.16. The van der Waals surface area contributed by atoms with Gasteiger partial charge < -0.3 is 10.6 Å². The van der Waals surface area contributed by atoms with Crippen molar-refractivity contribution >= 4 is 40.8 Å². The molecular weight excluding hydrogens is 527 g/mol. The zero-order chi connectivity index (χ0) is 26.6. The van der Waals surface area contributed by atoms with Gasteiger partial charge in [0.15, 0.2) is 11.5 Å². The first-order chi connectivity index (χ1) is 18.4. The summed E-state index contributed by atoms with van der Waals surface area (Å²) in [6.45, 7) is 1.88. The van der Waals surface area contributed by atoms with E-state index in [2.05, 4.69) is 35.9 Å². The highest BCUT2D eigenvalue weighted by Gasteiger charge is 2.21. The summed E-state index contributed by atoms with van der Waals surface area (Å²) in [7, 11) is 0. The normalized spacial score (nSPS) is 10.8. The Hall–Kier alpha value is -4.54. The molecule has 0 aliphatic heterocycles. The number of para-hydroxylation sites is 1. The number of nitrogens with one attached hydrogen (secondary N) is 3. The van der Waals surface area contributed by atoms with Crippen molar-refractivity contribution in [1.82, 2.24) is 35.3 Å². The smallest absolute Gasteiger partial charge is 0.272 e. The number of hydrogen-bond donors (Lipinski definition) is 3. The molecular formula is C26H20Cl2N8O2. The highest BCUT2D eigenvalue weighted by Crippen LogP contribution is 2.32. The molecule has 5 rings (SSSR count). The summed E-state index contributed by atoms with van der Waals surface area (Å²) in [5.74, 6) is 0.377. The van der Waals surface area contributed by atoms with Gasteiger partial charge in [0.1, 0.15) is 11.6 Å². The zero-order valence-electron chi connectivity index (χ0n) is 19.9. The number of benzene rings is 2. The van der Waals surface area contributed by atoms with Crippen LogP contribution in [0.15, 0.2) is 72.9 Å². The van der Waals surface area contributed by atoms with Crippen LogP contribution < -0.4 is 10.6 Å². The van der Waals surface area contributed by atoms with Crippen LogP contribution in [0.5, 0.6) is 0 Å². The molecule has 2 amide bonds. The number of aromatic nitrogens is 6. The molecule has 2 aromatic carbocycles. The highest BCUT2D eigenvalue weighted by molar-refractivity contribution is 6.38. The predicted octanol–water partition coefficient (Wildman–Crippen LogP) is 4.85. The van der Waals surface area contributed by atoms with Crippen LogP contribution >= 0.6 is 23.2 Å². The first-order valence-electron chi connectivity index (χ1n) is 11.4. The van der Waals surface area contributed by atoms with E-state index >= 15 is 0 Å². The second kappa shape index (κ2) is 10.8. The van der Waals surface area contributed by atoms with Crippen molar-refractivity contribution in [3.8, 4) is 16.9 Å². The third-order valence-electron chi connectivity index (χ3n) is 5.48. The lowest BCUT2D eigenvalue weighted by molar-refractivity contribution is 0.0943. The molecule has 0 spiro atoms. The van der Waals surface area contributed by atoms with Gasteiger partial charge >= 0.3 is 0 Å². The minimum absolute atomic E-state index is 0.0905. The summed E-state index contributed by atoms with van der Waals surface area (Å²) in [5, 5.41) is 17.2. The van der Waals surface area contributed by atoms with Crippen molar-refractivity contribution in [3.05, 3.63) is 106 Å². The molecule has 3 heterocycles. The van der Waals surface area contributed by atoms with E-state index in [9.17, 15) is 9.59 Å². The van der Waals surface area contributed by atoms with Gasteiger partial charge in [0.2, 0.25) is 0 Å². The van der Waals surface area contributed by atoms with Crippen LogP contribution in [0.25, 0.3) is 16.9 Å². The molecule has 3 N–H and O–H groups in total. The molecule has 10 nitrogen and oxygen atoms in total. The van der Waals surface area contributed by atoms with E-state index in [4.69, 9.17) is 23.2 Å². The molecule has 3 aromatic heterocycles. The molecule has 0 unspecified atom stereocenters. The molecule has 5 aromatic rings. The Morgan fingerprint density at radius 2 is 1.76 bits per heavy atom. The summed E-state index contributed by atoms with van der Waals surface area (Å²) < 4.78 is 1.47. The van der Waals surface area contributed by atoms with Gasteiger partial charge in [-0.25, -0.2) is 9.67 Å². The topological polar surface area (TPSA) is 130 Å². The van der Waals surface area contributed by atoms with E-state index in [0.29, 0.717) is 33.6 Å². The fraction of sp³-hybridized carbons (Fsp3) is 0.0769. The Morgan fingerprint density at radius 1 is 0.974 bits per heavy atom. The largest absolute Gasteiger partial charge is 0.343 e. The fourth-order valence-electron chi connectivity index (χ4n) is 3.69. The average molecular weight is 547 g/mol. The molecule has 0 radical (unpaired) electrons. The standard InChI is InChI=1S/C26H20Cl2N8O2/c1-15-31-23(34-33-15)14-30-26(38)22-13-24(36(35-22)16-7-3-2-4-8-16)32-25(37)18-11-17(19(27)12-20(18)28)21-9-5-6-10-29-21/h2-13H,14H2,1H3,(H,30,38)(H,32,37)(H,31,33,34). The lowest BCUT2D eigenvalue weighted by Crippen LogP contribution is -2.24. The second-order valence-corrected chi connectivity index (χ2v) is 8.98. The molecule has 190 valence electrons. The summed E-state index contributed by atoms with van der Waals surface area (Å²) in [6, 6.07) is 19.0. The number of aromatic amines is 1. The molecule has 0 saturated carbocycles. The predicted molar refractivity (Wildman–Crippen MR) is 144 cm³/mol. The highest BCUT2D eigenvalue weighted by atomic mass is 35.5. The van der Waals surface area contributed by atoms with E-state index in [-0.39, 0.29) is 28.6 Å². The van der Waals surface area contributed by atoms with Crippen molar-refractivity contribution in [1.29, 1.82) is 0 Å². The van der Waals surface area contributed by atoms with Gasteiger partial charge in [-0.2, -0.15) is 10.2 Å². The van der Waals surface area contributed by atoms with E-state index in [1.54, 1.807) is 43.5 Å². The SMILES string of the molecule is Cc1nc(CNC(=O)c2cc(NC(=O)c3cc(-c4ccccn4)c(Cl)cc3Cl)n(-c3ccccc3)n2)n[nH]1. The van der Waals surface area contributed by atoms with E-state index in [0.717, 1.165) is 0 Å². The van der Waals surface area contributed by atoms with Crippen molar-refractivity contribution < 1.29 is 9.59 Å². The summed E-state index contributed by atoms with van der Waals surface area (Å²) in [5.41, 5.74) is 2.07. The number of halogens is 2. The number of rotatable bonds is 7. The molecule has 0 fully saturated rings. The van der Waals surface area contributed by atoms with E-state index in [1.807, 2.05) is 24.3 Å². The minimum Gasteiger partial charge on any atom is -0.343 e. The zero-order valence-corrected chi connectivity index (χ0v) is 21.5. The van der Waals surface area contributed by atoms with Crippen LogP contribution in [0, 0.1) is 6.92 Å². The maximum absolute atomic E-state index is 13.4. The molecule has 0 aliphatic rings. The molecule has 0 aliphatic carbocycles. The maximum Gasteiger partial charge on any atom is 0.272 e. The summed E-state index contributed by atoms with van der Waals surface area (Å²) in [6.07, 6.45) is 1.63. The van der Waals surface area contributed by atoms with Gasteiger partial charge in [0.25, 0.3) is 11.8 Å². The van der Waals surface area contributed by atoms with Gasteiger partial charge in [0, 0.05) is 17.8 Å². The van der Waals surface area contributed by atoms with E-state index < -0.39 is 11.8 Å². The monoisotopic (exact) mass is 546 g/mol. The van der Waals surface area contributed by atoms with Crippen LogP contribution in [0.4, 0.5) is 5.82 Å². The average Bonchev–Trinajstić information content (AvgIpc) is 3.54. The third kappa shape index (κ3) is 5.41. The number of pyridine rings is 1. The molecule has 0 saturated heterocycles. The van der Waals surface area contributed by atoms with Gasteiger partial charge in [0.05, 0.1) is 33.5 Å². The molecule has 0 bridgehead atoms. The van der Waals surface area contributed by atoms with Gasteiger partial charge in [-0.05, 0) is 43.3 Å². The number of carbonyl (C=O) groups excluding carboxylic acids is 2. The number of aryl methyl sites for hydroxylation is 1. The minimum atomic E-state index is -0.510. The first kappa shape index (κ1) is 25.1. The number of H-pyrrole nitrogens is 1. The quantitative estimate of drug-likeness (QED) is 0.267. The maximum atomic E-state index is 13.4. The summed E-state index contributed by atoms with van der Waals surface area (Å²) in [4.78, 5) is 34.7. The van der Waals surface area contributed by atoms with Gasteiger partial charge in [-0.3, -0.25) is 19.7 Å². The third-order valence-corrected chi connectivity index (χ3v) is 6.10. The molecule has 0 atom stereocenters. The number of carbonyl (C=O) groups is 2. The van der Waals surface area contributed by atoms with Crippen molar-refractivity contribution in [2.45, 2.75) is 13.5 Å². The fourth-order valence-corrected chi connectivity index (χ4v) is 4.26. The van der Waals surface area contributed by atoms with Crippen LogP contribution in [-0.4, -0.2) is 41.8 Å². The van der Waals surface area contributed by atoms with Crippen LogP contribution in [-0.2, 0) is 6.54 Å². The number of amides is 2. The van der Waals surface area contributed by atoms with Crippen molar-refractivity contribution in [2.24, 2.45) is 0 Å². The molecule has 38 heavy (non-hydrogen) atoms. The van der Waals surface area contributed by atoms with Crippen molar-refractivity contribution in [2.75, 3.05) is 5.32 Å². The Labute approximate surface area is 227 Å². The number of hydrogen-bond acceptors (Lipinski definition) is 6. The summed E-state index contributed by atoms with van der Waals surface area (Å²) >= 11 is 12.8. The van der Waals surface area contributed by atoms with Gasteiger partial charge in [-0.15, -0.1) is 0 Å².